The van der Waals surface area contributed by atoms with Crippen LogP contribution in [0, 0.1) is 11.2 Å². The van der Waals surface area contributed by atoms with Crippen LogP contribution in [0.15, 0.2) is 24.3 Å². The molecule has 0 aliphatic carbocycles. The second-order valence-electron chi connectivity index (χ2n) is 6.09. The highest BCUT2D eigenvalue weighted by molar-refractivity contribution is 6.22. The van der Waals surface area contributed by atoms with Crippen LogP contribution in [-0.4, -0.2) is 11.8 Å². The molecule has 102 valence electrons. The molecule has 1 aromatic carbocycles. The zero-order chi connectivity index (χ0) is 13.8. The van der Waals surface area contributed by atoms with Crippen molar-refractivity contribution in [3.05, 3.63) is 35.6 Å². The van der Waals surface area contributed by atoms with E-state index < -0.39 is 5.41 Å². The monoisotopic (exact) mass is 290 g/mol. The Kier molecular flexibility index (Phi) is 5.48. The molecule has 0 saturated heterocycles. The Labute approximate surface area is 119 Å². The molecule has 0 saturated carbocycles. The van der Waals surface area contributed by atoms with Gasteiger partial charge >= 0.3 is 0 Å². The fourth-order valence-corrected chi connectivity index (χ4v) is 2.79. The number of alkyl halides is 2. The van der Waals surface area contributed by atoms with Gasteiger partial charge in [-0.2, -0.15) is 0 Å². The topological polar surface area (TPSA) is 0 Å². The Hall–Kier alpha value is -0.270. The van der Waals surface area contributed by atoms with Crippen LogP contribution in [0.3, 0.4) is 0 Å². The Morgan fingerprint density at radius 3 is 2.00 bits per heavy atom. The van der Waals surface area contributed by atoms with Crippen LogP contribution in [0.5, 0.6) is 0 Å². The standard InChI is InChI=1S/C15H21Cl2F/c1-14(2,3)8-9-15(10-16,11-17)12-6-4-5-7-13(12)18/h4-7H,8-11H2,1-3H3. The molecule has 0 aliphatic heterocycles. The third-order valence-corrected chi connectivity index (χ3v) is 4.33. The molecule has 0 radical (unpaired) electrons. The summed E-state index contributed by atoms with van der Waals surface area (Å²) in [5.74, 6) is 0.466. The van der Waals surface area contributed by atoms with Crippen molar-refractivity contribution in [2.24, 2.45) is 5.41 Å². The van der Waals surface area contributed by atoms with Crippen molar-refractivity contribution in [2.75, 3.05) is 11.8 Å². The van der Waals surface area contributed by atoms with Gasteiger partial charge in [0, 0.05) is 17.2 Å². The van der Waals surface area contributed by atoms with Crippen LogP contribution in [0.1, 0.15) is 39.2 Å². The van der Waals surface area contributed by atoms with E-state index in [1.54, 1.807) is 12.1 Å². The molecule has 0 atom stereocenters. The van der Waals surface area contributed by atoms with Crippen LogP contribution in [0.4, 0.5) is 4.39 Å². The molecule has 0 unspecified atom stereocenters. The highest BCUT2D eigenvalue weighted by Gasteiger charge is 2.34. The molecule has 0 bridgehead atoms. The molecule has 0 amide bonds. The first kappa shape index (κ1) is 15.8. The van der Waals surface area contributed by atoms with Crippen molar-refractivity contribution in [2.45, 2.75) is 39.0 Å². The lowest BCUT2D eigenvalue weighted by molar-refractivity contribution is 0.314. The summed E-state index contributed by atoms with van der Waals surface area (Å²) in [4.78, 5) is 0. The van der Waals surface area contributed by atoms with E-state index in [0.29, 0.717) is 17.3 Å². The van der Waals surface area contributed by atoms with Crippen molar-refractivity contribution in [3.63, 3.8) is 0 Å². The van der Waals surface area contributed by atoms with Gasteiger partial charge in [0.25, 0.3) is 0 Å². The van der Waals surface area contributed by atoms with Gasteiger partial charge < -0.3 is 0 Å². The molecule has 1 aromatic rings. The average Bonchev–Trinajstić information content (AvgIpc) is 2.31. The quantitative estimate of drug-likeness (QED) is 0.640. The van der Waals surface area contributed by atoms with E-state index in [2.05, 4.69) is 20.8 Å². The first-order chi connectivity index (χ1) is 8.34. The van der Waals surface area contributed by atoms with Crippen molar-refractivity contribution in [1.29, 1.82) is 0 Å². The van der Waals surface area contributed by atoms with Gasteiger partial charge in [-0.25, -0.2) is 4.39 Å². The van der Waals surface area contributed by atoms with Gasteiger partial charge in [-0.05, 0) is 29.9 Å². The largest absolute Gasteiger partial charge is 0.207 e. The van der Waals surface area contributed by atoms with Crippen LogP contribution in [-0.2, 0) is 5.41 Å². The molecule has 0 aliphatic rings. The van der Waals surface area contributed by atoms with Gasteiger partial charge in [-0.15, -0.1) is 23.2 Å². The fraction of sp³-hybridized carbons (Fsp3) is 0.600. The van der Waals surface area contributed by atoms with E-state index in [1.165, 1.54) is 6.07 Å². The fourth-order valence-electron chi connectivity index (χ4n) is 1.95. The molecule has 0 spiro atoms. The van der Waals surface area contributed by atoms with E-state index >= 15 is 0 Å². The Balaban J connectivity index is 3.04. The van der Waals surface area contributed by atoms with Crippen LogP contribution in [0.2, 0.25) is 0 Å². The van der Waals surface area contributed by atoms with Crippen molar-refractivity contribution in [3.8, 4) is 0 Å². The molecule has 0 aromatic heterocycles. The Morgan fingerprint density at radius 2 is 1.56 bits per heavy atom. The van der Waals surface area contributed by atoms with E-state index in [-0.39, 0.29) is 11.2 Å². The molecule has 1 rings (SSSR count). The summed E-state index contributed by atoms with van der Waals surface area (Å²) in [5.41, 5.74) is 0.357. The minimum Gasteiger partial charge on any atom is -0.207 e. The molecule has 0 fully saturated rings. The third-order valence-electron chi connectivity index (χ3n) is 3.31. The molecular weight excluding hydrogens is 270 g/mol. The lowest BCUT2D eigenvalue weighted by Crippen LogP contribution is -2.33. The maximum atomic E-state index is 14.0. The smallest absolute Gasteiger partial charge is 0.127 e. The molecular formula is C15H21Cl2F. The molecule has 0 N–H and O–H groups in total. The van der Waals surface area contributed by atoms with Gasteiger partial charge in [-0.3, -0.25) is 0 Å². The Bertz CT molecular complexity index is 378. The zero-order valence-corrected chi connectivity index (χ0v) is 12.8. The molecule has 0 heterocycles. The summed E-state index contributed by atoms with van der Waals surface area (Å²) in [6.07, 6.45) is 1.76. The summed E-state index contributed by atoms with van der Waals surface area (Å²) >= 11 is 12.2. The number of hydrogen-bond donors (Lipinski definition) is 0. The maximum Gasteiger partial charge on any atom is 0.127 e. The zero-order valence-electron chi connectivity index (χ0n) is 11.3. The first-order valence-electron chi connectivity index (χ1n) is 6.22. The predicted molar refractivity (Wildman–Crippen MR) is 78.2 cm³/mol. The second kappa shape index (κ2) is 6.25. The van der Waals surface area contributed by atoms with E-state index in [9.17, 15) is 4.39 Å². The van der Waals surface area contributed by atoms with Crippen molar-refractivity contribution >= 4 is 23.2 Å². The van der Waals surface area contributed by atoms with Gasteiger partial charge in [0.2, 0.25) is 0 Å². The van der Waals surface area contributed by atoms with Gasteiger partial charge in [0.05, 0.1) is 0 Å². The highest BCUT2D eigenvalue weighted by atomic mass is 35.5. The summed E-state index contributed by atoms with van der Waals surface area (Å²) in [7, 11) is 0. The summed E-state index contributed by atoms with van der Waals surface area (Å²) < 4.78 is 14.0. The van der Waals surface area contributed by atoms with E-state index in [1.807, 2.05) is 6.07 Å². The summed E-state index contributed by atoms with van der Waals surface area (Å²) in [6.45, 7) is 6.50. The van der Waals surface area contributed by atoms with Crippen LogP contribution < -0.4 is 0 Å². The van der Waals surface area contributed by atoms with Crippen molar-refractivity contribution in [1.82, 2.24) is 0 Å². The SMILES string of the molecule is CC(C)(C)CCC(CCl)(CCl)c1ccccc1F. The van der Waals surface area contributed by atoms with Gasteiger partial charge in [-0.1, -0.05) is 39.0 Å². The summed E-state index contributed by atoms with van der Waals surface area (Å²) in [6, 6.07) is 6.79. The second-order valence-corrected chi connectivity index (χ2v) is 6.62. The molecule has 18 heavy (non-hydrogen) atoms. The Morgan fingerprint density at radius 1 is 1.00 bits per heavy atom. The first-order valence-corrected chi connectivity index (χ1v) is 7.28. The van der Waals surface area contributed by atoms with Gasteiger partial charge in [0.1, 0.15) is 5.82 Å². The number of rotatable bonds is 5. The lowest BCUT2D eigenvalue weighted by Gasteiger charge is -2.33. The number of halogens is 3. The summed E-state index contributed by atoms with van der Waals surface area (Å²) in [5, 5.41) is 0. The van der Waals surface area contributed by atoms with Gasteiger partial charge in [0.15, 0.2) is 0 Å². The maximum absolute atomic E-state index is 14.0. The lowest BCUT2D eigenvalue weighted by atomic mass is 9.75. The predicted octanol–water partition coefficient (Wildman–Crippen LogP) is 5.37. The van der Waals surface area contributed by atoms with Crippen LogP contribution >= 0.6 is 23.2 Å². The molecule has 3 heteroatoms. The number of hydrogen-bond acceptors (Lipinski definition) is 0. The highest BCUT2D eigenvalue weighted by Crippen LogP contribution is 2.37. The van der Waals surface area contributed by atoms with Crippen molar-refractivity contribution < 1.29 is 4.39 Å². The number of benzene rings is 1. The molecule has 0 nitrogen and oxygen atoms in total. The normalized spacial score (nSPS) is 12.8. The minimum atomic E-state index is -0.471. The van der Waals surface area contributed by atoms with E-state index in [0.717, 1.165) is 12.8 Å². The average molecular weight is 291 g/mol. The third kappa shape index (κ3) is 3.86. The minimum absolute atomic E-state index is 0.189. The van der Waals surface area contributed by atoms with E-state index in [4.69, 9.17) is 23.2 Å². The van der Waals surface area contributed by atoms with Crippen LogP contribution in [0.25, 0.3) is 0 Å².